The maximum atomic E-state index is 14.9. The molecule has 9 atom stereocenters. The Hall–Kier alpha value is -5.86. The predicted octanol–water partition coefficient (Wildman–Crippen LogP) is 3.00. The summed E-state index contributed by atoms with van der Waals surface area (Å²) in [6.45, 7) is 11.7. The molecule has 1 unspecified atom stereocenters. The van der Waals surface area contributed by atoms with E-state index in [9.17, 15) is 43.8 Å². The molecule has 2 aliphatic carbocycles. The number of thioether (sulfide) groups is 1. The van der Waals surface area contributed by atoms with E-state index in [-0.39, 0.29) is 54.4 Å². The molecule has 1 heterocycles. The van der Waals surface area contributed by atoms with Crippen molar-refractivity contribution >= 4 is 53.1 Å². The zero-order valence-electron chi connectivity index (χ0n) is 46.3. The van der Waals surface area contributed by atoms with Gasteiger partial charge in [0.25, 0.3) is 0 Å². The average Bonchev–Trinajstić information content (AvgIpc) is 3.89. The van der Waals surface area contributed by atoms with Crippen LogP contribution < -0.4 is 42.5 Å². The fourth-order valence-corrected chi connectivity index (χ4v) is 11.4. The number of amides is 7. The molecule has 1 fully saturated rings. The van der Waals surface area contributed by atoms with E-state index in [0.717, 1.165) is 66.1 Å². The third-order valence-electron chi connectivity index (χ3n) is 15.5. The Morgan fingerprint density at radius 1 is 0.662 bits per heavy atom. The van der Waals surface area contributed by atoms with Crippen molar-refractivity contribution in [2.45, 2.75) is 165 Å². The SMILES string of the molecule is CN[C@@H](C)C(=O)N[C@H](C(=O)N1C[C@@H](c2ccc(CC(NC(=O)[C@@H](NC(=O)[C@H](C)NC)C(C)(C)SCC(=O)NC(CO)CO)C(=O)N[C@@H]3CCCc4ccccc43)cc2)C[C@H]1C(=O)N[C@@H]1CCCc2ccccc21)C(C)(C)C. The number of carbonyl (C=O) groups excluding carboxylic acids is 7. The Morgan fingerprint density at radius 3 is 1.73 bits per heavy atom. The van der Waals surface area contributed by atoms with Crippen molar-refractivity contribution in [2.24, 2.45) is 5.41 Å². The van der Waals surface area contributed by atoms with E-state index in [1.807, 2.05) is 81.4 Å². The number of benzene rings is 3. The lowest BCUT2D eigenvalue weighted by Gasteiger charge is -2.36. The van der Waals surface area contributed by atoms with Gasteiger partial charge in [0.2, 0.25) is 41.4 Å². The Kier molecular flexibility index (Phi) is 21.3. The van der Waals surface area contributed by atoms with E-state index >= 15 is 0 Å². The minimum Gasteiger partial charge on any atom is -0.394 e. The smallest absolute Gasteiger partial charge is 0.246 e. The van der Waals surface area contributed by atoms with Crippen LogP contribution in [-0.2, 0) is 52.8 Å². The Morgan fingerprint density at radius 2 is 1.19 bits per heavy atom. The van der Waals surface area contributed by atoms with Crippen LogP contribution in [0.2, 0.25) is 0 Å². The van der Waals surface area contributed by atoms with Crippen molar-refractivity contribution in [3.8, 4) is 0 Å². The highest BCUT2D eigenvalue weighted by molar-refractivity contribution is 8.01. The molecule has 3 aromatic rings. The molecule has 18 nitrogen and oxygen atoms in total. The first kappa shape index (κ1) is 60.4. The van der Waals surface area contributed by atoms with Crippen LogP contribution in [0.15, 0.2) is 72.8 Å². The summed E-state index contributed by atoms with van der Waals surface area (Å²) in [4.78, 5) is 100. The highest BCUT2D eigenvalue weighted by atomic mass is 32.2. The standard InChI is InChI=1S/C58H83N9O9S/c1-34(59-8)51(71)65-49(58(6,7)77-33-48(70)61-41(31-68)32-69)55(75)64-46(53(73)62-44-22-14-18-38-16-10-12-20-42(38)44)28-36-24-26-37(27-25-36)40-29-47(54(74)63-45-23-15-19-39-17-11-13-21-43(39)45)67(30-40)56(76)50(57(3,4)5)66-52(72)35(2)60-9/h10-13,16-17,20-21,24-27,34-35,40-41,44-47,49-50,59-60,68-69H,14-15,18-19,22-23,28-33H2,1-9H3,(H,61,70)(H,62,73)(H,63,74)(H,64,75)(H,65,71)(H,66,72)/t34-,35-,40-,44+,45+,46?,47-,49+,50+/m0/s1. The summed E-state index contributed by atoms with van der Waals surface area (Å²) in [7, 11) is 3.29. The zero-order chi connectivity index (χ0) is 56.2. The number of hydrogen-bond acceptors (Lipinski definition) is 12. The Balaban J connectivity index is 1.29. The van der Waals surface area contributed by atoms with Crippen LogP contribution >= 0.6 is 11.8 Å². The van der Waals surface area contributed by atoms with Crippen LogP contribution in [0.3, 0.4) is 0 Å². The van der Waals surface area contributed by atoms with Crippen molar-refractivity contribution in [2.75, 3.05) is 39.6 Å². The van der Waals surface area contributed by atoms with Gasteiger partial charge >= 0.3 is 0 Å². The number of aryl methyl sites for hydroxylation is 2. The van der Waals surface area contributed by atoms with E-state index in [1.54, 1.807) is 46.7 Å². The number of nitrogens with zero attached hydrogens (tertiary/aromatic N) is 1. The number of likely N-dealkylation sites (N-methyl/N-ethyl adjacent to an activating group) is 2. The van der Waals surface area contributed by atoms with Gasteiger partial charge in [-0.1, -0.05) is 93.6 Å². The van der Waals surface area contributed by atoms with Gasteiger partial charge in [-0.25, -0.2) is 0 Å². The molecule has 19 heteroatoms. The topological polar surface area (TPSA) is 259 Å². The van der Waals surface area contributed by atoms with Gasteiger partial charge in [-0.15, -0.1) is 11.8 Å². The highest BCUT2D eigenvalue weighted by Gasteiger charge is 2.46. The van der Waals surface area contributed by atoms with Gasteiger partial charge in [0, 0.05) is 23.6 Å². The summed E-state index contributed by atoms with van der Waals surface area (Å²) < 4.78 is -1.13. The largest absolute Gasteiger partial charge is 0.394 e. The molecular formula is C58H83N9O9S. The quantitative estimate of drug-likeness (QED) is 0.0658. The first-order valence-electron chi connectivity index (χ1n) is 27.1. The Labute approximate surface area is 458 Å². The van der Waals surface area contributed by atoms with Gasteiger partial charge in [0.1, 0.15) is 24.2 Å². The van der Waals surface area contributed by atoms with Crippen LogP contribution in [-0.4, -0.2) is 143 Å². The molecule has 0 saturated carbocycles. The average molecular weight is 1080 g/mol. The molecule has 10 N–H and O–H groups in total. The van der Waals surface area contributed by atoms with Gasteiger partial charge in [0.05, 0.1) is 49.2 Å². The second kappa shape index (κ2) is 27.1. The lowest BCUT2D eigenvalue weighted by Crippen LogP contribution is -2.62. The monoisotopic (exact) mass is 1080 g/mol. The number of likely N-dealkylation sites (tertiary alicyclic amines) is 1. The number of carbonyl (C=O) groups is 7. The molecule has 420 valence electrons. The number of aliphatic hydroxyl groups excluding tert-OH is 2. The summed E-state index contributed by atoms with van der Waals surface area (Å²) in [6.07, 6.45) is 5.42. The number of fused-ring (bicyclic) bond motifs is 2. The number of aliphatic hydroxyl groups is 2. The molecule has 6 rings (SSSR count). The summed E-state index contributed by atoms with van der Waals surface area (Å²) >= 11 is 1.10. The molecule has 3 aromatic carbocycles. The molecule has 7 amide bonds. The first-order chi connectivity index (χ1) is 36.6. The van der Waals surface area contributed by atoms with E-state index in [0.29, 0.717) is 18.4 Å². The molecule has 0 aromatic heterocycles. The van der Waals surface area contributed by atoms with Crippen LogP contribution in [0.25, 0.3) is 0 Å². The second-order valence-corrected chi connectivity index (χ2v) is 24.2. The normalized spacial score (nSPS) is 20.3. The van der Waals surface area contributed by atoms with E-state index in [2.05, 4.69) is 54.7 Å². The minimum atomic E-state index is -1.24. The third kappa shape index (κ3) is 15.7. The predicted molar refractivity (Wildman–Crippen MR) is 298 cm³/mol. The molecule has 0 radical (unpaired) electrons. The summed E-state index contributed by atoms with van der Waals surface area (Å²) in [5, 5.41) is 42.8. The maximum absolute atomic E-state index is 14.9. The van der Waals surface area contributed by atoms with Crippen molar-refractivity contribution < 1.29 is 43.8 Å². The molecule has 1 aliphatic heterocycles. The van der Waals surface area contributed by atoms with Gasteiger partial charge in [-0.05, 0) is 126 Å². The molecule has 3 aliphatic rings. The van der Waals surface area contributed by atoms with Gasteiger partial charge in [0.15, 0.2) is 0 Å². The number of hydrogen-bond donors (Lipinski definition) is 10. The third-order valence-corrected chi connectivity index (χ3v) is 16.8. The van der Waals surface area contributed by atoms with Crippen LogP contribution in [0.5, 0.6) is 0 Å². The Bertz CT molecular complexity index is 2550. The van der Waals surface area contributed by atoms with Crippen molar-refractivity contribution in [3.05, 3.63) is 106 Å². The van der Waals surface area contributed by atoms with Crippen LogP contribution in [0.1, 0.15) is 132 Å². The van der Waals surface area contributed by atoms with E-state index in [1.165, 1.54) is 5.56 Å². The molecule has 77 heavy (non-hydrogen) atoms. The molecule has 0 bridgehead atoms. The summed E-state index contributed by atoms with van der Waals surface area (Å²) in [5.74, 6) is -3.42. The lowest BCUT2D eigenvalue weighted by molar-refractivity contribution is -0.144. The van der Waals surface area contributed by atoms with E-state index in [4.69, 9.17) is 0 Å². The second-order valence-electron chi connectivity index (χ2n) is 22.5. The zero-order valence-corrected chi connectivity index (χ0v) is 47.1. The highest BCUT2D eigenvalue weighted by Crippen LogP contribution is 2.37. The fourth-order valence-electron chi connectivity index (χ4n) is 10.5. The van der Waals surface area contributed by atoms with Crippen molar-refractivity contribution in [3.63, 3.8) is 0 Å². The lowest BCUT2D eigenvalue weighted by atomic mass is 9.85. The van der Waals surface area contributed by atoms with Crippen molar-refractivity contribution in [1.29, 1.82) is 0 Å². The summed E-state index contributed by atoms with van der Waals surface area (Å²) in [6, 6.07) is 16.9. The summed E-state index contributed by atoms with van der Waals surface area (Å²) in [5.41, 5.74) is 5.29. The van der Waals surface area contributed by atoms with Crippen LogP contribution in [0, 0.1) is 5.41 Å². The van der Waals surface area contributed by atoms with Crippen LogP contribution in [0.4, 0.5) is 0 Å². The number of nitrogens with one attached hydrogen (secondary N) is 8. The molecular weight excluding hydrogens is 999 g/mol. The van der Waals surface area contributed by atoms with Gasteiger partial charge < -0.3 is 57.6 Å². The molecule has 1 saturated heterocycles. The molecule has 0 spiro atoms. The van der Waals surface area contributed by atoms with Gasteiger partial charge in [-0.2, -0.15) is 0 Å². The number of rotatable bonds is 23. The minimum absolute atomic E-state index is 0.0562. The maximum Gasteiger partial charge on any atom is 0.246 e. The van der Waals surface area contributed by atoms with Gasteiger partial charge in [-0.3, -0.25) is 33.6 Å². The van der Waals surface area contributed by atoms with E-state index < -0.39 is 89.3 Å². The fraction of sp³-hybridized carbons (Fsp3) is 0.569. The first-order valence-corrected chi connectivity index (χ1v) is 28.1. The van der Waals surface area contributed by atoms with Crippen molar-refractivity contribution in [1.82, 2.24) is 47.4 Å².